The Hall–Kier alpha value is -3.05. The summed E-state index contributed by atoms with van der Waals surface area (Å²) in [7, 11) is 0. The predicted molar refractivity (Wildman–Crippen MR) is 134 cm³/mol. The molecule has 0 aliphatic carbocycles. The van der Waals surface area contributed by atoms with Crippen LogP contribution in [-0.4, -0.2) is 115 Å². The second-order valence-corrected chi connectivity index (χ2v) is 10.2. The number of hydrogen-bond acceptors (Lipinski definition) is 14. The molecule has 14 nitrogen and oxygen atoms in total. The summed E-state index contributed by atoms with van der Waals surface area (Å²) in [6, 6.07) is 8.50. The Morgan fingerprint density at radius 2 is 1.59 bits per heavy atom. The third-order valence-corrected chi connectivity index (χ3v) is 7.42. The van der Waals surface area contributed by atoms with E-state index >= 15 is 0 Å². The summed E-state index contributed by atoms with van der Waals surface area (Å²) in [4.78, 5) is 12.9. The lowest BCUT2D eigenvalue weighted by atomic mass is 9.95. The van der Waals surface area contributed by atoms with Crippen LogP contribution in [0.1, 0.15) is 35.4 Å². The molecule has 1 unspecified atom stereocenters. The number of carbonyl (C=O) groups excluding carboxylic acids is 1. The fourth-order valence-corrected chi connectivity index (χ4v) is 5.07. The molecule has 224 valence electrons. The summed E-state index contributed by atoms with van der Waals surface area (Å²) in [6.45, 7) is 0.716. The molecular weight excluding hydrogens is 548 g/mol. The van der Waals surface area contributed by atoms with Gasteiger partial charge in [-0.2, -0.15) is 0 Å². The number of carbonyl (C=O) groups is 1. The van der Waals surface area contributed by atoms with Crippen molar-refractivity contribution in [1.29, 1.82) is 0 Å². The molecule has 3 aliphatic rings. The number of hydrogen-bond donors (Lipinski definition) is 8. The molecule has 0 aromatic heterocycles. The SMILES string of the molecule is C[C@@H]1O[C@@H](O[C@H]2[C@@H](Oc3cc(O)c4c(c3)OC(c3ccc(O)cc3)CC4=O)O[C@H](CO)[C@@H](O)[C@@H]2O)[C@H](O)[C@H](O)[C@H]1O. The Labute approximate surface area is 233 Å². The van der Waals surface area contributed by atoms with Gasteiger partial charge in [-0.1, -0.05) is 12.1 Å². The molecule has 0 saturated carbocycles. The van der Waals surface area contributed by atoms with E-state index in [0.717, 1.165) is 6.07 Å². The summed E-state index contributed by atoms with van der Waals surface area (Å²) in [5, 5.41) is 81.6. The molecule has 0 bridgehead atoms. The summed E-state index contributed by atoms with van der Waals surface area (Å²) < 4.78 is 28.6. The van der Waals surface area contributed by atoms with Crippen LogP contribution in [0.25, 0.3) is 0 Å². The Balaban J connectivity index is 1.41. The topological polar surface area (TPSA) is 225 Å². The zero-order valence-electron chi connectivity index (χ0n) is 21.8. The van der Waals surface area contributed by atoms with Crippen molar-refractivity contribution in [2.24, 2.45) is 0 Å². The number of aliphatic hydroxyl groups excluding tert-OH is 6. The van der Waals surface area contributed by atoms with Crippen LogP contribution in [0.15, 0.2) is 36.4 Å². The zero-order chi connectivity index (χ0) is 29.6. The number of phenolic OH excluding ortho intramolecular Hbond substituents is 2. The number of ether oxygens (including phenoxy) is 5. The van der Waals surface area contributed by atoms with E-state index in [1.54, 1.807) is 12.1 Å². The molecule has 5 rings (SSSR count). The van der Waals surface area contributed by atoms with Crippen molar-refractivity contribution >= 4 is 5.78 Å². The third kappa shape index (κ3) is 5.70. The largest absolute Gasteiger partial charge is 0.508 e. The number of rotatable bonds is 6. The van der Waals surface area contributed by atoms with Crippen molar-refractivity contribution < 1.29 is 69.3 Å². The van der Waals surface area contributed by atoms with Crippen molar-refractivity contribution in [3.05, 3.63) is 47.5 Å². The highest BCUT2D eigenvalue weighted by molar-refractivity contribution is 6.02. The predicted octanol–water partition coefficient (Wildman–Crippen LogP) is -1.17. The van der Waals surface area contributed by atoms with E-state index in [9.17, 15) is 45.6 Å². The smallest absolute Gasteiger partial charge is 0.229 e. The Kier molecular flexibility index (Phi) is 8.39. The van der Waals surface area contributed by atoms with Gasteiger partial charge in [-0.25, -0.2) is 0 Å². The Morgan fingerprint density at radius 1 is 0.878 bits per heavy atom. The lowest BCUT2D eigenvalue weighted by Gasteiger charge is -2.45. The molecule has 2 aromatic rings. The molecule has 14 heteroatoms. The van der Waals surface area contributed by atoms with Crippen LogP contribution in [-0.2, 0) is 14.2 Å². The second-order valence-electron chi connectivity index (χ2n) is 10.2. The first-order valence-corrected chi connectivity index (χ1v) is 13.0. The number of fused-ring (bicyclic) bond motifs is 1. The first kappa shape index (κ1) is 29.4. The van der Waals surface area contributed by atoms with Crippen molar-refractivity contribution in [3.8, 4) is 23.0 Å². The third-order valence-electron chi connectivity index (χ3n) is 7.42. The van der Waals surface area contributed by atoms with Gasteiger partial charge in [0.1, 0.15) is 71.3 Å². The fraction of sp³-hybridized carbons (Fsp3) is 0.519. The number of ketones is 1. The number of phenols is 2. The maximum atomic E-state index is 12.9. The van der Waals surface area contributed by atoms with Crippen molar-refractivity contribution in [3.63, 3.8) is 0 Å². The highest BCUT2D eigenvalue weighted by Gasteiger charge is 2.51. The van der Waals surface area contributed by atoms with Gasteiger partial charge in [0.2, 0.25) is 6.29 Å². The molecule has 2 aromatic carbocycles. The quantitative estimate of drug-likeness (QED) is 0.202. The van der Waals surface area contributed by atoms with Gasteiger partial charge in [-0.15, -0.1) is 0 Å². The van der Waals surface area contributed by atoms with Gasteiger partial charge in [0.05, 0.1) is 19.1 Å². The van der Waals surface area contributed by atoms with E-state index in [0.29, 0.717) is 5.56 Å². The van der Waals surface area contributed by atoms with E-state index in [4.69, 9.17) is 23.7 Å². The van der Waals surface area contributed by atoms with E-state index < -0.39 is 85.7 Å². The minimum atomic E-state index is -1.75. The van der Waals surface area contributed by atoms with E-state index in [1.807, 2.05) is 0 Å². The molecule has 2 saturated heterocycles. The van der Waals surface area contributed by atoms with Crippen LogP contribution in [0.5, 0.6) is 23.0 Å². The van der Waals surface area contributed by atoms with Crippen LogP contribution in [0.3, 0.4) is 0 Å². The summed E-state index contributed by atoms with van der Waals surface area (Å²) in [5.41, 5.74) is 0.529. The first-order valence-electron chi connectivity index (χ1n) is 13.0. The number of Topliss-reactive ketones (excluding diaryl/α,β-unsaturated/α-hetero) is 1. The standard InChI is InChI=1S/C27H32O14/c1-10-20(32)22(34)24(36)26(37-10)41-25-23(35)21(33)18(9-28)40-27(25)38-13-6-14(30)19-15(31)8-16(39-17(19)7-13)11-2-4-12(29)5-3-11/h2-7,10,16,18,20-30,32-36H,8-9H2,1H3/t10-,16?,18+,20-,21+,22+,23-,24+,25+,26-,27-/m0/s1. The van der Waals surface area contributed by atoms with Gasteiger partial charge in [-0.05, 0) is 24.6 Å². The molecular formula is C27H32O14. The van der Waals surface area contributed by atoms with Crippen LogP contribution in [0.4, 0.5) is 0 Å². The maximum absolute atomic E-state index is 12.9. The summed E-state index contributed by atoms with van der Waals surface area (Å²) >= 11 is 0. The molecule has 0 spiro atoms. The maximum Gasteiger partial charge on any atom is 0.229 e. The molecule has 11 atom stereocenters. The Morgan fingerprint density at radius 3 is 2.27 bits per heavy atom. The minimum Gasteiger partial charge on any atom is -0.508 e. The number of aromatic hydroxyl groups is 2. The summed E-state index contributed by atoms with van der Waals surface area (Å²) in [6.07, 6.45) is -16.0. The van der Waals surface area contributed by atoms with Gasteiger partial charge >= 0.3 is 0 Å². The summed E-state index contributed by atoms with van der Waals surface area (Å²) in [5.74, 6) is -0.947. The van der Waals surface area contributed by atoms with Gasteiger partial charge < -0.3 is 64.5 Å². The molecule has 41 heavy (non-hydrogen) atoms. The minimum absolute atomic E-state index is 0.0149. The highest BCUT2D eigenvalue weighted by atomic mass is 16.8. The van der Waals surface area contributed by atoms with E-state index in [1.165, 1.54) is 25.1 Å². The lowest BCUT2D eigenvalue weighted by Crippen LogP contribution is -2.64. The van der Waals surface area contributed by atoms with Crippen molar-refractivity contribution in [1.82, 2.24) is 0 Å². The zero-order valence-corrected chi connectivity index (χ0v) is 21.8. The van der Waals surface area contributed by atoms with E-state index in [2.05, 4.69) is 0 Å². The number of benzene rings is 2. The van der Waals surface area contributed by atoms with Crippen LogP contribution >= 0.6 is 0 Å². The monoisotopic (exact) mass is 580 g/mol. The first-order chi connectivity index (χ1) is 19.5. The lowest BCUT2D eigenvalue weighted by molar-refractivity contribution is -0.354. The highest BCUT2D eigenvalue weighted by Crippen LogP contribution is 2.43. The van der Waals surface area contributed by atoms with Gasteiger partial charge in [0.15, 0.2) is 18.2 Å². The Bertz CT molecular complexity index is 1240. The molecule has 0 radical (unpaired) electrons. The second kappa shape index (κ2) is 11.7. The normalized spacial score (nSPS) is 37.2. The molecule has 2 fully saturated rings. The van der Waals surface area contributed by atoms with Gasteiger partial charge in [0, 0.05) is 12.1 Å². The van der Waals surface area contributed by atoms with Crippen molar-refractivity contribution in [2.45, 2.75) is 80.9 Å². The molecule has 3 aliphatic heterocycles. The van der Waals surface area contributed by atoms with E-state index in [-0.39, 0.29) is 29.2 Å². The van der Waals surface area contributed by atoms with Crippen molar-refractivity contribution in [2.75, 3.05) is 6.61 Å². The molecule has 8 N–H and O–H groups in total. The van der Waals surface area contributed by atoms with Crippen LogP contribution in [0, 0.1) is 0 Å². The average Bonchev–Trinajstić information content (AvgIpc) is 2.94. The average molecular weight is 581 g/mol. The van der Waals surface area contributed by atoms with Gasteiger partial charge in [-0.3, -0.25) is 4.79 Å². The van der Waals surface area contributed by atoms with Gasteiger partial charge in [0.25, 0.3) is 0 Å². The molecule has 3 heterocycles. The fourth-order valence-electron chi connectivity index (χ4n) is 5.07. The van der Waals surface area contributed by atoms with Crippen LogP contribution in [0.2, 0.25) is 0 Å². The number of aliphatic hydroxyl groups is 6. The van der Waals surface area contributed by atoms with Crippen LogP contribution < -0.4 is 9.47 Å². The molecule has 0 amide bonds.